The van der Waals surface area contributed by atoms with Crippen LogP contribution in [0.15, 0.2) is 23.1 Å². The number of hydrogen-bond acceptors (Lipinski definition) is 7. The fraction of sp³-hybridized carbons (Fsp3) is 0.154. The summed E-state index contributed by atoms with van der Waals surface area (Å²) in [5, 5.41) is 29.5. The van der Waals surface area contributed by atoms with Crippen molar-refractivity contribution in [2.24, 2.45) is 0 Å². The van der Waals surface area contributed by atoms with E-state index >= 15 is 0 Å². The third-order valence-corrected chi connectivity index (χ3v) is 4.41. The van der Waals surface area contributed by atoms with E-state index in [0.717, 1.165) is 34.9 Å². The molecule has 1 fully saturated rings. The van der Waals surface area contributed by atoms with Crippen molar-refractivity contribution in [2.45, 2.75) is 13.0 Å². The van der Waals surface area contributed by atoms with Gasteiger partial charge < -0.3 is 10.2 Å². The molecule has 1 amide bonds. The van der Waals surface area contributed by atoms with E-state index in [4.69, 9.17) is 17.3 Å². The van der Waals surface area contributed by atoms with E-state index in [1.54, 1.807) is 0 Å². The van der Waals surface area contributed by atoms with Gasteiger partial charge in [0.25, 0.3) is 11.6 Å². The van der Waals surface area contributed by atoms with Crippen LogP contribution >= 0.6 is 24.0 Å². The molecule has 1 aromatic carbocycles. The Morgan fingerprint density at radius 3 is 2.74 bits per heavy atom. The first-order chi connectivity index (χ1) is 10.7. The molecule has 1 saturated heterocycles. The lowest BCUT2D eigenvalue weighted by atomic mass is 10.1. The first-order valence-corrected chi connectivity index (χ1v) is 7.42. The van der Waals surface area contributed by atoms with Gasteiger partial charge in [0.2, 0.25) is 0 Å². The molecular formula is C13H10N2O6S2. The Morgan fingerprint density at radius 1 is 1.52 bits per heavy atom. The Morgan fingerprint density at radius 2 is 2.17 bits per heavy atom. The van der Waals surface area contributed by atoms with Crippen LogP contribution < -0.4 is 0 Å². The molecule has 0 saturated carbocycles. The summed E-state index contributed by atoms with van der Waals surface area (Å²) in [6.45, 7) is 1.32. The molecule has 0 bridgehead atoms. The maximum atomic E-state index is 12.3. The molecule has 1 heterocycles. The summed E-state index contributed by atoms with van der Waals surface area (Å²) < 4.78 is 0.0704. The fourth-order valence-corrected chi connectivity index (χ4v) is 3.25. The number of amides is 1. The average molecular weight is 354 g/mol. The number of thioether (sulfide) groups is 1. The van der Waals surface area contributed by atoms with Gasteiger partial charge in [-0.05, 0) is 19.1 Å². The zero-order valence-electron chi connectivity index (χ0n) is 11.6. The highest BCUT2D eigenvalue weighted by Crippen LogP contribution is 2.36. The van der Waals surface area contributed by atoms with Gasteiger partial charge >= 0.3 is 5.97 Å². The first-order valence-electron chi connectivity index (χ1n) is 6.19. The summed E-state index contributed by atoms with van der Waals surface area (Å²) in [4.78, 5) is 34.5. The molecular weight excluding hydrogens is 344 g/mol. The first kappa shape index (κ1) is 16.9. The van der Waals surface area contributed by atoms with Crippen LogP contribution in [0.5, 0.6) is 5.75 Å². The second kappa shape index (κ2) is 6.34. The van der Waals surface area contributed by atoms with Crippen LogP contribution in [0.2, 0.25) is 0 Å². The quantitative estimate of drug-likeness (QED) is 0.364. The van der Waals surface area contributed by atoms with Gasteiger partial charge in [-0.25, -0.2) is 4.79 Å². The van der Waals surface area contributed by atoms with Crippen LogP contribution in [0.4, 0.5) is 5.69 Å². The SMILES string of the molecule is CC(C(=O)O)N1C(=O)/C(=C/c2cc([N+](=O)[O-])ccc2O)SC1=S. The van der Waals surface area contributed by atoms with E-state index in [2.05, 4.69) is 0 Å². The molecule has 1 aromatic rings. The van der Waals surface area contributed by atoms with Gasteiger partial charge in [0, 0.05) is 17.7 Å². The standard InChI is InChI=1S/C13H10N2O6S2/c1-6(12(18)19)14-11(17)10(23-13(14)22)5-7-4-8(15(20)21)2-3-9(7)16/h2-6,16H,1H3,(H,18,19)/b10-5-. The van der Waals surface area contributed by atoms with Crippen LogP contribution in [0.3, 0.4) is 0 Å². The van der Waals surface area contributed by atoms with Crippen molar-refractivity contribution in [3.05, 3.63) is 38.8 Å². The van der Waals surface area contributed by atoms with Gasteiger partial charge in [-0.1, -0.05) is 24.0 Å². The largest absolute Gasteiger partial charge is 0.507 e. The van der Waals surface area contributed by atoms with Crippen LogP contribution in [-0.2, 0) is 9.59 Å². The number of carboxylic acids is 1. The van der Waals surface area contributed by atoms with Crippen molar-refractivity contribution in [2.75, 3.05) is 0 Å². The number of carbonyl (C=O) groups excluding carboxylic acids is 1. The number of benzene rings is 1. The number of nitrogens with zero attached hydrogens (tertiary/aromatic N) is 2. The third-order valence-electron chi connectivity index (χ3n) is 3.08. The molecule has 0 spiro atoms. The third kappa shape index (κ3) is 3.32. The van der Waals surface area contributed by atoms with Gasteiger partial charge in [-0.2, -0.15) is 0 Å². The van der Waals surface area contributed by atoms with Crippen LogP contribution in [0, 0.1) is 10.1 Å². The number of nitro benzene ring substituents is 1. The van der Waals surface area contributed by atoms with Crippen molar-refractivity contribution in [3.63, 3.8) is 0 Å². The Labute approximate surface area is 139 Å². The second-order valence-electron chi connectivity index (χ2n) is 4.57. The van der Waals surface area contributed by atoms with Gasteiger partial charge in [-0.3, -0.25) is 19.8 Å². The summed E-state index contributed by atoms with van der Waals surface area (Å²) in [6.07, 6.45) is 1.25. The predicted molar refractivity (Wildman–Crippen MR) is 86.9 cm³/mol. The van der Waals surface area contributed by atoms with Crippen LogP contribution in [-0.4, -0.2) is 42.3 Å². The van der Waals surface area contributed by atoms with E-state index in [1.165, 1.54) is 13.0 Å². The van der Waals surface area contributed by atoms with Crippen LogP contribution in [0.25, 0.3) is 6.08 Å². The number of aromatic hydroxyl groups is 1. The molecule has 0 aromatic heterocycles. The Bertz CT molecular complexity index is 761. The average Bonchev–Trinajstić information content (AvgIpc) is 2.74. The van der Waals surface area contributed by atoms with E-state index in [0.29, 0.717) is 0 Å². The number of carboxylic acid groups (broad SMARTS) is 1. The van der Waals surface area contributed by atoms with Crippen molar-refractivity contribution < 1.29 is 24.7 Å². The summed E-state index contributed by atoms with van der Waals surface area (Å²) in [7, 11) is 0. The second-order valence-corrected chi connectivity index (χ2v) is 6.24. The number of rotatable bonds is 4. The van der Waals surface area contributed by atoms with Crippen molar-refractivity contribution in [3.8, 4) is 5.75 Å². The van der Waals surface area contributed by atoms with Gasteiger partial charge in [0.1, 0.15) is 16.1 Å². The number of phenolic OH excluding ortho intramolecular Hbond substituents is 1. The molecule has 120 valence electrons. The molecule has 10 heteroatoms. The van der Waals surface area contributed by atoms with E-state index in [1.807, 2.05) is 0 Å². The maximum absolute atomic E-state index is 12.3. The Hall–Kier alpha value is -2.46. The van der Waals surface area contributed by atoms with E-state index < -0.39 is 22.8 Å². The smallest absolute Gasteiger partial charge is 0.326 e. The van der Waals surface area contributed by atoms with Gasteiger partial charge in [-0.15, -0.1) is 0 Å². The monoisotopic (exact) mass is 354 g/mol. The molecule has 0 radical (unpaired) electrons. The number of phenols is 1. The fourth-order valence-electron chi connectivity index (χ4n) is 1.84. The Kier molecular flexibility index (Phi) is 4.66. The Balaban J connectivity index is 2.40. The lowest BCUT2D eigenvalue weighted by Crippen LogP contribution is -2.41. The zero-order chi connectivity index (χ0) is 17.3. The zero-order valence-corrected chi connectivity index (χ0v) is 13.3. The highest BCUT2D eigenvalue weighted by atomic mass is 32.2. The molecule has 2 rings (SSSR count). The van der Waals surface area contributed by atoms with Gasteiger partial charge in [0.15, 0.2) is 0 Å². The molecule has 23 heavy (non-hydrogen) atoms. The van der Waals surface area contributed by atoms with E-state index in [9.17, 15) is 24.8 Å². The summed E-state index contributed by atoms with van der Waals surface area (Å²) in [5.74, 6) is -2.08. The normalized spacial score (nSPS) is 17.6. The highest BCUT2D eigenvalue weighted by molar-refractivity contribution is 8.26. The number of hydrogen-bond donors (Lipinski definition) is 2. The molecule has 1 aliphatic heterocycles. The lowest BCUT2D eigenvalue weighted by molar-refractivity contribution is -0.384. The number of thiocarbonyl (C=S) groups is 1. The summed E-state index contributed by atoms with van der Waals surface area (Å²) in [5.41, 5.74) is -0.175. The van der Waals surface area contributed by atoms with Crippen molar-refractivity contribution in [1.82, 2.24) is 4.90 Å². The van der Waals surface area contributed by atoms with E-state index in [-0.39, 0.29) is 26.2 Å². The molecule has 2 N–H and O–H groups in total. The van der Waals surface area contributed by atoms with Crippen molar-refractivity contribution in [1.29, 1.82) is 0 Å². The molecule has 1 atom stereocenters. The molecule has 1 unspecified atom stereocenters. The molecule has 1 aliphatic rings. The maximum Gasteiger partial charge on any atom is 0.326 e. The summed E-state index contributed by atoms with van der Waals surface area (Å²) >= 11 is 5.87. The molecule has 8 nitrogen and oxygen atoms in total. The lowest BCUT2D eigenvalue weighted by Gasteiger charge is -2.18. The minimum absolute atomic E-state index is 0.0704. The topological polar surface area (TPSA) is 121 Å². The van der Waals surface area contributed by atoms with Crippen LogP contribution in [0.1, 0.15) is 12.5 Å². The number of non-ortho nitro benzene ring substituents is 1. The number of nitro groups is 1. The predicted octanol–water partition coefficient (Wildman–Crippen LogP) is 1.97. The summed E-state index contributed by atoms with van der Waals surface area (Å²) in [6, 6.07) is 2.25. The molecule has 0 aliphatic carbocycles. The number of aliphatic carboxylic acids is 1. The minimum Gasteiger partial charge on any atom is -0.507 e. The number of carbonyl (C=O) groups is 2. The van der Waals surface area contributed by atoms with Gasteiger partial charge in [0.05, 0.1) is 9.83 Å². The minimum atomic E-state index is -1.21. The highest BCUT2D eigenvalue weighted by Gasteiger charge is 2.38. The van der Waals surface area contributed by atoms with Crippen molar-refractivity contribution >= 4 is 51.9 Å².